The van der Waals surface area contributed by atoms with Crippen LogP contribution in [0.3, 0.4) is 0 Å². The Morgan fingerprint density at radius 1 is 1.45 bits per heavy atom. The monoisotopic (exact) mass is 301 g/mol. The standard InChI is InChI=1S/C12H15NO6S/c14-11(15)9-2-1-3-10(6-9)20(17,18)13-7-12(16)4-5-19-8-12/h1-3,6,13,16H,4-5,7-8H2,(H,14,15). The molecule has 3 N–H and O–H groups in total. The van der Waals surface area contributed by atoms with Crippen LogP contribution in [-0.2, 0) is 14.8 Å². The summed E-state index contributed by atoms with van der Waals surface area (Å²) in [5, 5.41) is 18.8. The Kier molecular flexibility index (Phi) is 4.09. The molecule has 0 amide bonds. The number of aliphatic hydroxyl groups is 1. The van der Waals surface area contributed by atoms with Gasteiger partial charge in [0.25, 0.3) is 0 Å². The molecule has 0 aliphatic carbocycles. The highest BCUT2D eigenvalue weighted by Gasteiger charge is 2.33. The van der Waals surface area contributed by atoms with Gasteiger partial charge in [0, 0.05) is 19.6 Å². The maximum atomic E-state index is 12.0. The molecule has 0 aromatic heterocycles. The van der Waals surface area contributed by atoms with Crippen molar-refractivity contribution in [2.45, 2.75) is 16.9 Å². The van der Waals surface area contributed by atoms with Gasteiger partial charge in [-0.3, -0.25) is 0 Å². The zero-order valence-electron chi connectivity index (χ0n) is 10.6. The number of sulfonamides is 1. The van der Waals surface area contributed by atoms with E-state index in [1.165, 1.54) is 18.2 Å². The molecule has 0 saturated carbocycles. The van der Waals surface area contributed by atoms with Gasteiger partial charge in [0.2, 0.25) is 10.0 Å². The van der Waals surface area contributed by atoms with Gasteiger partial charge in [0.15, 0.2) is 0 Å². The lowest BCUT2D eigenvalue weighted by Gasteiger charge is -2.20. The van der Waals surface area contributed by atoms with Crippen LogP contribution in [0.2, 0.25) is 0 Å². The summed E-state index contributed by atoms with van der Waals surface area (Å²) in [5.41, 5.74) is -1.33. The topological polar surface area (TPSA) is 113 Å². The Balaban J connectivity index is 2.14. The summed E-state index contributed by atoms with van der Waals surface area (Å²) >= 11 is 0. The highest BCUT2D eigenvalue weighted by atomic mass is 32.2. The van der Waals surface area contributed by atoms with Crippen molar-refractivity contribution in [1.29, 1.82) is 0 Å². The predicted molar refractivity (Wildman–Crippen MR) is 69.0 cm³/mol. The minimum atomic E-state index is -3.87. The van der Waals surface area contributed by atoms with Crippen LogP contribution in [0.25, 0.3) is 0 Å². The summed E-state index contributed by atoms with van der Waals surface area (Å²) in [4.78, 5) is 10.7. The van der Waals surface area contributed by atoms with Gasteiger partial charge in [0.1, 0.15) is 5.60 Å². The third-order valence-electron chi connectivity index (χ3n) is 3.07. The van der Waals surface area contributed by atoms with E-state index in [4.69, 9.17) is 9.84 Å². The fourth-order valence-electron chi connectivity index (χ4n) is 1.84. The Hall–Kier alpha value is -1.48. The van der Waals surface area contributed by atoms with Crippen LogP contribution in [0.4, 0.5) is 0 Å². The van der Waals surface area contributed by atoms with E-state index in [1.807, 2.05) is 0 Å². The average Bonchev–Trinajstić information content (AvgIpc) is 2.84. The number of hydrogen-bond donors (Lipinski definition) is 3. The predicted octanol–water partition coefficient (Wildman–Crippen LogP) is -0.186. The van der Waals surface area contributed by atoms with Crippen LogP contribution < -0.4 is 4.72 Å². The second-order valence-electron chi connectivity index (χ2n) is 4.68. The van der Waals surface area contributed by atoms with E-state index in [1.54, 1.807) is 0 Å². The van der Waals surface area contributed by atoms with Crippen molar-refractivity contribution < 1.29 is 28.2 Å². The maximum Gasteiger partial charge on any atom is 0.335 e. The zero-order valence-corrected chi connectivity index (χ0v) is 11.4. The van der Waals surface area contributed by atoms with Crippen molar-refractivity contribution in [3.8, 4) is 0 Å². The van der Waals surface area contributed by atoms with Crippen molar-refractivity contribution in [2.24, 2.45) is 0 Å². The van der Waals surface area contributed by atoms with E-state index in [2.05, 4.69) is 4.72 Å². The molecule has 8 heteroatoms. The zero-order chi connectivity index (χ0) is 14.8. The number of ether oxygens (including phenoxy) is 1. The van der Waals surface area contributed by atoms with E-state index >= 15 is 0 Å². The first-order valence-electron chi connectivity index (χ1n) is 5.96. The first-order valence-corrected chi connectivity index (χ1v) is 7.44. The summed E-state index contributed by atoms with van der Waals surface area (Å²) in [6.45, 7) is 0.282. The number of benzene rings is 1. The van der Waals surface area contributed by atoms with E-state index in [0.717, 1.165) is 6.07 Å². The fourth-order valence-corrected chi connectivity index (χ4v) is 3.01. The van der Waals surface area contributed by atoms with Crippen molar-refractivity contribution >= 4 is 16.0 Å². The second-order valence-corrected chi connectivity index (χ2v) is 6.45. The van der Waals surface area contributed by atoms with Gasteiger partial charge in [-0.1, -0.05) is 6.07 Å². The normalized spacial score (nSPS) is 22.9. The number of carboxylic acid groups (broad SMARTS) is 1. The van der Waals surface area contributed by atoms with E-state index < -0.39 is 21.6 Å². The molecule has 7 nitrogen and oxygen atoms in total. The van der Waals surface area contributed by atoms with Crippen LogP contribution in [0, 0.1) is 0 Å². The minimum absolute atomic E-state index is 0.0741. The molecule has 1 aromatic carbocycles. The van der Waals surface area contributed by atoms with Crippen LogP contribution in [0.1, 0.15) is 16.8 Å². The number of carboxylic acids is 1. The molecule has 1 atom stereocenters. The van der Waals surface area contributed by atoms with Crippen LogP contribution >= 0.6 is 0 Å². The first kappa shape index (κ1) is 14.9. The smallest absolute Gasteiger partial charge is 0.335 e. The molecule has 110 valence electrons. The van der Waals surface area contributed by atoms with Gasteiger partial charge in [-0.2, -0.15) is 0 Å². The minimum Gasteiger partial charge on any atom is -0.478 e. The molecule has 2 rings (SSSR count). The molecule has 0 spiro atoms. The summed E-state index contributed by atoms with van der Waals surface area (Å²) in [6, 6.07) is 5.02. The number of rotatable bonds is 5. The van der Waals surface area contributed by atoms with Crippen molar-refractivity contribution in [3.63, 3.8) is 0 Å². The highest BCUT2D eigenvalue weighted by molar-refractivity contribution is 7.89. The van der Waals surface area contributed by atoms with E-state index in [0.29, 0.717) is 13.0 Å². The van der Waals surface area contributed by atoms with Crippen molar-refractivity contribution in [3.05, 3.63) is 29.8 Å². The molecule has 1 fully saturated rings. The molecule has 1 unspecified atom stereocenters. The Bertz CT molecular complexity index is 606. The summed E-state index contributed by atoms with van der Waals surface area (Å²) in [6.07, 6.45) is 0.352. The Labute approximate surface area is 116 Å². The van der Waals surface area contributed by atoms with Crippen LogP contribution in [0.15, 0.2) is 29.2 Å². The van der Waals surface area contributed by atoms with E-state index in [-0.39, 0.29) is 23.6 Å². The molecular weight excluding hydrogens is 286 g/mol. The van der Waals surface area contributed by atoms with Gasteiger partial charge in [-0.25, -0.2) is 17.9 Å². The number of hydrogen-bond acceptors (Lipinski definition) is 5. The lowest BCUT2D eigenvalue weighted by Crippen LogP contribution is -2.43. The first-order chi connectivity index (χ1) is 9.32. The SMILES string of the molecule is O=C(O)c1cccc(S(=O)(=O)NCC2(O)CCOC2)c1. The highest BCUT2D eigenvalue weighted by Crippen LogP contribution is 2.18. The molecule has 20 heavy (non-hydrogen) atoms. The second kappa shape index (κ2) is 5.49. The molecule has 1 heterocycles. The molecule has 1 saturated heterocycles. The molecule has 0 radical (unpaired) electrons. The summed E-state index contributed by atoms with van der Waals surface area (Å²) in [5.74, 6) is -1.20. The Morgan fingerprint density at radius 3 is 2.80 bits per heavy atom. The van der Waals surface area contributed by atoms with Gasteiger partial charge < -0.3 is 14.9 Å². The lowest BCUT2D eigenvalue weighted by atomic mass is 10.1. The quantitative estimate of drug-likeness (QED) is 0.695. The van der Waals surface area contributed by atoms with Crippen molar-refractivity contribution in [1.82, 2.24) is 4.72 Å². The summed E-state index contributed by atoms with van der Waals surface area (Å²) < 4.78 is 31.4. The van der Waals surface area contributed by atoms with Gasteiger partial charge >= 0.3 is 5.97 Å². The lowest BCUT2D eigenvalue weighted by molar-refractivity contribution is 0.0314. The maximum absolute atomic E-state index is 12.0. The number of carbonyl (C=O) groups is 1. The van der Waals surface area contributed by atoms with Crippen molar-refractivity contribution in [2.75, 3.05) is 19.8 Å². The van der Waals surface area contributed by atoms with Gasteiger partial charge in [-0.15, -0.1) is 0 Å². The van der Waals surface area contributed by atoms with E-state index in [9.17, 15) is 18.3 Å². The van der Waals surface area contributed by atoms with Gasteiger partial charge in [0.05, 0.1) is 17.1 Å². The summed E-state index contributed by atoms with van der Waals surface area (Å²) in [7, 11) is -3.87. The third kappa shape index (κ3) is 3.34. The fraction of sp³-hybridized carbons (Fsp3) is 0.417. The molecule has 1 aromatic rings. The number of aromatic carboxylic acids is 1. The van der Waals surface area contributed by atoms with Crippen LogP contribution in [-0.4, -0.2) is 50.0 Å². The molecule has 0 bridgehead atoms. The third-order valence-corrected chi connectivity index (χ3v) is 4.46. The Morgan fingerprint density at radius 2 is 2.20 bits per heavy atom. The molecule has 1 aliphatic heterocycles. The van der Waals surface area contributed by atoms with Crippen LogP contribution in [0.5, 0.6) is 0 Å². The van der Waals surface area contributed by atoms with Gasteiger partial charge in [-0.05, 0) is 18.2 Å². The largest absolute Gasteiger partial charge is 0.478 e. The molecule has 1 aliphatic rings. The molecular formula is C12H15NO6S. The number of nitrogens with one attached hydrogen (secondary N) is 1. The average molecular weight is 301 g/mol.